The van der Waals surface area contributed by atoms with E-state index in [-0.39, 0.29) is 35.2 Å². The molecular weight excluding hydrogens is 525 g/mol. The molecule has 38 heavy (non-hydrogen) atoms. The Morgan fingerprint density at radius 3 is 2.58 bits per heavy atom. The number of hydrogen-bond donors (Lipinski definition) is 2. The van der Waals surface area contributed by atoms with Crippen molar-refractivity contribution in [2.75, 3.05) is 11.3 Å². The van der Waals surface area contributed by atoms with Crippen LogP contribution in [0.2, 0.25) is 0 Å². The molecule has 1 unspecified atom stereocenters. The lowest BCUT2D eigenvalue weighted by Gasteiger charge is -2.19. The van der Waals surface area contributed by atoms with E-state index < -0.39 is 44.5 Å². The lowest BCUT2D eigenvalue weighted by molar-refractivity contribution is -0.137. The van der Waals surface area contributed by atoms with Crippen LogP contribution >= 0.6 is 0 Å². The fourth-order valence-corrected chi connectivity index (χ4v) is 4.94. The van der Waals surface area contributed by atoms with Gasteiger partial charge in [0.15, 0.2) is 0 Å². The van der Waals surface area contributed by atoms with Crippen molar-refractivity contribution in [3.8, 4) is 17.1 Å². The second kappa shape index (κ2) is 10.9. The standard InChI is InChI=1S/C24H25F3N6O4S/c1-3-18(19-9-10-29-23(32-19)33-38(35,36)15-6-7-15)31-22(34)16-8-5-14(11-17(16)24(25,26)27)20-12-28-13-21(30-20)37-4-2/h5,8-13,15,18H,3-4,6-7H2,1-2H3,(H,31,34)(H,29,32,33). The SMILES string of the molecule is CCOc1cncc(-c2ccc(C(=O)NC(CC)c3ccnc(NS(=O)(=O)C4CC4)n3)c(C(F)(F)F)c2)n1. The van der Waals surface area contributed by atoms with Gasteiger partial charge in [-0.25, -0.2) is 23.4 Å². The van der Waals surface area contributed by atoms with Crippen molar-refractivity contribution in [1.29, 1.82) is 0 Å². The number of alkyl halides is 3. The molecule has 1 amide bonds. The summed E-state index contributed by atoms with van der Waals surface area (Å²) < 4.78 is 74.0. The number of amides is 1. The number of halogens is 3. The molecule has 2 heterocycles. The quantitative estimate of drug-likeness (QED) is 0.385. The molecule has 1 atom stereocenters. The first-order chi connectivity index (χ1) is 18.0. The van der Waals surface area contributed by atoms with Crippen molar-refractivity contribution < 1.29 is 31.1 Å². The Balaban J connectivity index is 1.59. The molecule has 10 nitrogen and oxygen atoms in total. The zero-order valence-electron chi connectivity index (χ0n) is 20.5. The topological polar surface area (TPSA) is 136 Å². The molecule has 1 aliphatic rings. The maximum absolute atomic E-state index is 14.0. The van der Waals surface area contributed by atoms with Crippen molar-refractivity contribution in [1.82, 2.24) is 25.3 Å². The number of aromatic nitrogens is 4. The fraction of sp³-hybridized carbons (Fsp3) is 0.375. The fourth-order valence-electron chi connectivity index (χ4n) is 3.67. The number of rotatable bonds is 10. The third-order valence-corrected chi connectivity index (χ3v) is 7.53. The molecule has 1 aliphatic carbocycles. The van der Waals surface area contributed by atoms with E-state index in [2.05, 4.69) is 30.0 Å². The first kappa shape index (κ1) is 27.2. The van der Waals surface area contributed by atoms with Crippen molar-refractivity contribution in [2.45, 2.75) is 50.6 Å². The van der Waals surface area contributed by atoms with Gasteiger partial charge in [-0.3, -0.25) is 14.5 Å². The molecule has 4 rings (SSSR count). The Bertz CT molecular complexity index is 1430. The highest BCUT2D eigenvalue weighted by Gasteiger charge is 2.37. The van der Waals surface area contributed by atoms with Gasteiger partial charge in [0, 0.05) is 11.8 Å². The molecule has 0 radical (unpaired) electrons. The van der Waals surface area contributed by atoms with Crippen LogP contribution in [0.5, 0.6) is 5.88 Å². The number of nitrogens with zero attached hydrogens (tertiary/aromatic N) is 4. The largest absolute Gasteiger partial charge is 0.477 e. The molecule has 1 aromatic carbocycles. The monoisotopic (exact) mass is 550 g/mol. The molecule has 1 fully saturated rings. The summed E-state index contributed by atoms with van der Waals surface area (Å²) in [7, 11) is -3.62. The van der Waals surface area contributed by atoms with Crippen LogP contribution in [0, 0.1) is 0 Å². The van der Waals surface area contributed by atoms with Gasteiger partial charge in [-0.1, -0.05) is 13.0 Å². The molecule has 14 heteroatoms. The van der Waals surface area contributed by atoms with Crippen LogP contribution < -0.4 is 14.8 Å². The predicted molar refractivity (Wildman–Crippen MR) is 132 cm³/mol. The number of hydrogen-bond acceptors (Lipinski definition) is 8. The third kappa shape index (κ3) is 6.36. The highest BCUT2D eigenvalue weighted by molar-refractivity contribution is 7.93. The van der Waals surface area contributed by atoms with E-state index in [9.17, 15) is 26.4 Å². The van der Waals surface area contributed by atoms with E-state index in [1.807, 2.05) is 0 Å². The summed E-state index contributed by atoms with van der Waals surface area (Å²) in [6.07, 6.45) is 0.500. The van der Waals surface area contributed by atoms with Crippen LogP contribution in [0.25, 0.3) is 11.3 Å². The Labute approximate surface area is 217 Å². The summed E-state index contributed by atoms with van der Waals surface area (Å²) in [6, 6.07) is 3.92. The third-order valence-electron chi connectivity index (χ3n) is 5.71. The number of carbonyl (C=O) groups is 1. The zero-order chi connectivity index (χ0) is 27.5. The van der Waals surface area contributed by atoms with Gasteiger partial charge in [0.1, 0.15) is 0 Å². The first-order valence-corrected chi connectivity index (χ1v) is 13.4. The molecular formula is C24H25F3N6O4S. The number of nitrogens with one attached hydrogen (secondary N) is 2. The van der Waals surface area contributed by atoms with Gasteiger partial charge in [-0.2, -0.15) is 13.2 Å². The minimum atomic E-state index is -4.83. The lowest BCUT2D eigenvalue weighted by Crippen LogP contribution is -2.31. The van der Waals surface area contributed by atoms with Crippen molar-refractivity contribution in [3.63, 3.8) is 0 Å². The van der Waals surface area contributed by atoms with E-state index in [0.717, 1.165) is 12.1 Å². The smallest absolute Gasteiger partial charge is 0.417 e. The molecule has 3 aromatic rings. The second-order valence-corrected chi connectivity index (χ2v) is 10.5. The molecule has 0 bridgehead atoms. The van der Waals surface area contributed by atoms with E-state index >= 15 is 0 Å². The van der Waals surface area contributed by atoms with Crippen LogP contribution in [0.1, 0.15) is 60.8 Å². The summed E-state index contributed by atoms with van der Waals surface area (Å²) in [5.41, 5.74) is -1.22. The van der Waals surface area contributed by atoms with Crippen LogP contribution in [0.4, 0.5) is 19.1 Å². The lowest BCUT2D eigenvalue weighted by atomic mass is 10.0. The first-order valence-electron chi connectivity index (χ1n) is 11.8. The number of carbonyl (C=O) groups excluding carboxylic acids is 1. The van der Waals surface area contributed by atoms with Crippen LogP contribution in [0.3, 0.4) is 0 Å². The maximum atomic E-state index is 14.0. The molecule has 0 spiro atoms. The Morgan fingerprint density at radius 2 is 1.92 bits per heavy atom. The Hall–Kier alpha value is -3.81. The average molecular weight is 551 g/mol. The number of sulfonamides is 1. The van der Waals surface area contributed by atoms with E-state index in [1.165, 1.54) is 30.7 Å². The summed E-state index contributed by atoms with van der Waals surface area (Å²) >= 11 is 0. The van der Waals surface area contributed by atoms with Gasteiger partial charge in [-0.15, -0.1) is 0 Å². The summed E-state index contributed by atoms with van der Waals surface area (Å²) in [5.74, 6) is -0.976. The number of ether oxygens (including phenoxy) is 1. The predicted octanol–water partition coefficient (Wildman–Crippen LogP) is 4.14. The van der Waals surface area contributed by atoms with Gasteiger partial charge in [-0.05, 0) is 44.4 Å². The minimum absolute atomic E-state index is 0.110. The molecule has 2 N–H and O–H groups in total. The van der Waals surface area contributed by atoms with Gasteiger partial charge in [0.05, 0.1) is 52.8 Å². The highest BCUT2D eigenvalue weighted by Crippen LogP contribution is 2.35. The average Bonchev–Trinajstić information content (AvgIpc) is 3.73. The Kier molecular flexibility index (Phi) is 7.81. The minimum Gasteiger partial charge on any atom is -0.477 e. The second-order valence-electron chi connectivity index (χ2n) is 8.52. The number of benzene rings is 1. The van der Waals surface area contributed by atoms with E-state index in [4.69, 9.17) is 4.74 Å². The Morgan fingerprint density at radius 1 is 1.16 bits per heavy atom. The van der Waals surface area contributed by atoms with Crippen LogP contribution in [0.15, 0.2) is 42.9 Å². The van der Waals surface area contributed by atoms with Crippen molar-refractivity contribution in [2.24, 2.45) is 0 Å². The van der Waals surface area contributed by atoms with Crippen LogP contribution in [-0.4, -0.2) is 46.1 Å². The summed E-state index contributed by atoms with van der Waals surface area (Å²) in [4.78, 5) is 29.2. The maximum Gasteiger partial charge on any atom is 0.417 e. The van der Waals surface area contributed by atoms with Gasteiger partial charge in [0.25, 0.3) is 5.91 Å². The van der Waals surface area contributed by atoms with Crippen molar-refractivity contribution in [3.05, 3.63) is 59.7 Å². The molecule has 202 valence electrons. The molecule has 0 saturated heterocycles. The molecule has 0 aliphatic heterocycles. The molecule has 1 saturated carbocycles. The van der Waals surface area contributed by atoms with E-state index in [1.54, 1.807) is 13.8 Å². The highest BCUT2D eigenvalue weighted by atomic mass is 32.2. The van der Waals surface area contributed by atoms with Crippen molar-refractivity contribution >= 4 is 21.9 Å². The summed E-state index contributed by atoms with van der Waals surface area (Å²) in [5, 5.41) is 2.07. The summed E-state index contributed by atoms with van der Waals surface area (Å²) in [6.45, 7) is 3.75. The van der Waals surface area contributed by atoms with Gasteiger partial charge >= 0.3 is 6.18 Å². The van der Waals surface area contributed by atoms with Gasteiger partial charge < -0.3 is 10.1 Å². The van der Waals surface area contributed by atoms with Gasteiger partial charge in [0.2, 0.25) is 21.9 Å². The van der Waals surface area contributed by atoms with Crippen LogP contribution in [-0.2, 0) is 16.2 Å². The molecule has 2 aromatic heterocycles. The number of anilines is 1. The van der Waals surface area contributed by atoms with E-state index in [0.29, 0.717) is 19.4 Å². The zero-order valence-corrected chi connectivity index (χ0v) is 21.3. The normalized spacial score (nSPS) is 14.6.